The van der Waals surface area contributed by atoms with Crippen molar-refractivity contribution in [2.45, 2.75) is 57.0 Å². The Morgan fingerprint density at radius 1 is 0.967 bits per heavy atom. The van der Waals surface area contributed by atoms with E-state index in [9.17, 15) is 0 Å². The summed E-state index contributed by atoms with van der Waals surface area (Å²) >= 11 is 0. The predicted octanol–water partition coefficient (Wildman–Crippen LogP) is 6.68. The lowest BCUT2D eigenvalue weighted by atomic mass is 9.62. The molecule has 2 aromatic carbocycles. The van der Waals surface area contributed by atoms with Gasteiger partial charge in [-0.1, -0.05) is 43.2 Å². The van der Waals surface area contributed by atoms with Crippen LogP contribution in [0.4, 0.5) is 4.79 Å². The van der Waals surface area contributed by atoms with Crippen LogP contribution in [0.5, 0.6) is 11.5 Å². The van der Waals surface area contributed by atoms with Crippen LogP contribution in [0.3, 0.4) is 0 Å². The highest BCUT2D eigenvalue weighted by atomic mass is 16.6. The molecule has 5 heteroatoms. The molecule has 2 aliphatic heterocycles. The third kappa shape index (κ3) is 4.96. The van der Waals surface area contributed by atoms with E-state index in [0.717, 1.165) is 36.9 Å². The molecule has 0 unspecified atom stereocenters. The van der Waals surface area contributed by atoms with E-state index in [1.165, 1.54) is 44.1 Å². The molecule has 0 aromatic heterocycles. The SMILES string of the molecule is O=C(O)O.c1ccc(Oc2cccc(C34CCC(CCC5CC5)(CC3)CO4)c2)cc1. The van der Waals surface area contributed by atoms with Crippen molar-refractivity contribution in [1.82, 2.24) is 0 Å². The Kier molecular flexibility index (Phi) is 6.00. The summed E-state index contributed by atoms with van der Waals surface area (Å²) in [4.78, 5) is 8.56. The van der Waals surface area contributed by atoms with Crippen LogP contribution >= 0.6 is 0 Å². The Hall–Kier alpha value is -2.53. The van der Waals surface area contributed by atoms with Gasteiger partial charge in [-0.05, 0) is 79.7 Å². The zero-order valence-corrected chi connectivity index (χ0v) is 17.3. The number of carbonyl (C=O) groups is 1. The molecule has 2 N–H and O–H groups in total. The van der Waals surface area contributed by atoms with Crippen LogP contribution in [0.15, 0.2) is 54.6 Å². The molecule has 2 bridgehead atoms. The Labute approximate surface area is 177 Å². The van der Waals surface area contributed by atoms with Gasteiger partial charge in [0.1, 0.15) is 11.5 Å². The van der Waals surface area contributed by atoms with Crippen molar-refractivity contribution in [2.75, 3.05) is 6.61 Å². The number of carboxylic acid groups (broad SMARTS) is 2. The highest BCUT2D eigenvalue weighted by Gasteiger charge is 2.50. The zero-order valence-electron chi connectivity index (χ0n) is 17.3. The average Bonchev–Trinajstić information content (AvgIpc) is 3.59. The minimum absolute atomic E-state index is 0.0859. The molecule has 160 valence electrons. The molecule has 2 aliphatic carbocycles. The zero-order chi connectivity index (χ0) is 21.0. The molecular formula is C25H30O5. The third-order valence-electron chi connectivity index (χ3n) is 6.89. The van der Waals surface area contributed by atoms with E-state index in [1.54, 1.807) is 0 Å². The van der Waals surface area contributed by atoms with Crippen LogP contribution in [0.25, 0.3) is 0 Å². The normalized spacial score (nSPS) is 27.1. The first kappa shape index (κ1) is 20.7. The lowest BCUT2D eigenvalue weighted by Gasteiger charge is -2.53. The lowest BCUT2D eigenvalue weighted by Crippen LogP contribution is -2.49. The molecule has 0 spiro atoms. The van der Waals surface area contributed by atoms with Crippen molar-refractivity contribution in [3.05, 3.63) is 60.2 Å². The number of hydrogen-bond donors (Lipinski definition) is 2. The lowest BCUT2D eigenvalue weighted by molar-refractivity contribution is -0.192. The Balaban J connectivity index is 0.000000503. The molecule has 4 aliphatic rings. The van der Waals surface area contributed by atoms with Crippen LogP contribution in [0.1, 0.15) is 56.9 Å². The molecule has 30 heavy (non-hydrogen) atoms. The van der Waals surface area contributed by atoms with E-state index >= 15 is 0 Å². The monoisotopic (exact) mass is 410 g/mol. The van der Waals surface area contributed by atoms with Crippen LogP contribution in [0.2, 0.25) is 0 Å². The largest absolute Gasteiger partial charge is 0.503 e. The number of benzene rings is 2. The van der Waals surface area contributed by atoms with Gasteiger partial charge in [0.15, 0.2) is 0 Å². The number of fused-ring (bicyclic) bond motifs is 3. The van der Waals surface area contributed by atoms with E-state index in [4.69, 9.17) is 24.5 Å². The number of hydrogen-bond acceptors (Lipinski definition) is 3. The van der Waals surface area contributed by atoms with E-state index in [1.807, 2.05) is 36.4 Å². The Morgan fingerprint density at radius 3 is 2.23 bits per heavy atom. The third-order valence-corrected chi connectivity index (χ3v) is 6.89. The summed E-state index contributed by atoms with van der Waals surface area (Å²) in [5.41, 5.74) is 1.68. The second kappa shape index (κ2) is 8.68. The van der Waals surface area contributed by atoms with Crippen LogP contribution in [0, 0.1) is 11.3 Å². The molecular weight excluding hydrogens is 380 g/mol. The van der Waals surface area contributed by atoms with Gasteiger partial charge in [-0.15, -0.1) is 0 Å². The molecule has 2 saturated carbocycles. The fraction of sp³-hybridized carbons (Fsp3) is 0.480. The highest BCUT2D eigenvalue weighted by molar-refractivity contribution is 5.53. The molecule has 0 amide bonds. The first-order valence-electron chi connectivity index (χ1n) is 10.9. The summed E-state index contributed by atoms with van der Waals surface area (Å²) in [7, 11) is 0. The van der Waals surface area contributed by atoms with Crippen molar-refractivity contribution < 1.29 is 24.5 Å². The second-order valence-corrected chi connectivity index (χ2v) is 8.99. The maximum absolute atomic E-state index is 8.56. The Bertz CT molecular complexity index is 830. The molecule has 2 saturated heterocycles. The standard InChI is InChI=1S/C24H28O2.CH2O3/c1-2-6-21(7-3-1)26-22-8-4-5-20(17-22)24-15-13-23(14-16-24,18-25-24)12-11-19-9-10-19;2-1(3)4/h1-8,17,19H,9-16,18H2;(H2,2,3,4). The van der Waals surface area contributed by atoms with Crippen LogP contribution < -0.4 is 4.74 Å². The summed E-state index contributed by atoms with van der Waals surface area (Å²) in [5.74, 6) is 2.82. The summed E-state index contributed by atoms with van der Waals surface area (Å²) in [6, 6.07) is 18.6. The van der Waals surface area contributed by atoms with Crippen molar-refractivity contribution in [3.8, 4) is 11.5 Å². The van der Waals surface area contributed by atoms with Crippen LogP contribution in [-0.4, -0.2) is 23.0 Å². The molecule has 2 aromatic rings. The predicted molar refractivity (Wildman–Crippen MR) is 114 cm³/mol. The summed E-state index contributed by atoms with van der Waals surface area (Å²) < 4.78 is 12.6. The summed E-state index contributed by atoms with van der Waals surface area (Å²) in [5, 5.41) is 13.9. The van der Waals surface area contributed by atoms with Crippen LogP contribution in [-0.2, 0) is 10.3 Å². The number of ether oxygens (including phenoxy) is 2. The molecule has 2 heterocycles. The van der Waals surface area contributed by atoms with E-state index in [2.05, 4.69) is 18.2 Å². The maximum Gasteiger partial charge on any atom is 0.503 e. The van der Waals surface area contributed by atoms with E-state index in [-0.39, 0.29) is 5.60 Å². The number of rotatable bonds is 6. The molecule has 4 fully saturated rings. The van der Waals surface area contributed by atoms with Gasteiger partial charge < -0.3 is 19.7 Å². The van der Waals surface area contributed by atoms with Gasteiger partial charge in [-0.25, -0.2) is 4.79 Å². The van der Waals surface area contributed by atoms with E-state index < -0.39 is 6.16 Å². The average molecular weight is 411 g/mol. The summed E-state index contributed by atoms with van der Waals surface area (Å²) in [6.45, 7) is 0.948. The first-order chi connectivity index (χ1) is 14.5. The fourth-order valence-electron chi connectivity index (χ4n) is 4.84. The Morgan fingerprint density at radius 2 is 1.63 bits per heavy atom. The minimum Gasteiger partial charge on any atom is -0.457 e. The summed E-state index contributed by atoms with van der Waals surface area (Å²) in [6.07, 6.45) is 8.87. The van der Waals surface area contributed by atoms with Gasteiger partial charge in [-0.2, -0.15) is 0 Å². The quantitative estimate of drug-likeness (QED) is 0.556. The minimum atomic E-state index is -1.83. The van der Waals surface area contributed by atoms with Crippen molar-refractivity contribution in [3.63, 3.8) is 0 Å². The smallest absolute Gasteiger partial charge is 0.457 e. The van der Waals surface area contributed by atoms with Crippen molar-refractivity contribution in [1.29, 1.82) is 0 Å². The van der Waals surface area contributed by atoms with E-state index in [0.29, 0.717) is 5.41 Å². The van der Waals surface area contributed by atoms with Crippen molar-refractivity contribution in [2.24, 2.45) is 11.3 Å². The van der Waals surface area contributed by atoms with Gasteiger partial charge in [0, 0.05) is 0 Å². The second-order valence-electron chi connectivity index (χ2n) is 8.99. The van der Waals surface area contributed by atoms with Crippen molar-refractivity contribution >= 4 is 6.16 Å². The van der Waals surface area contributed by atoms with Gasteiger partial charge in [0.2, 0.25) is 0 Å². The van der Waals surface area contributed by atoms with Gasteiger partial charge in [0.25, 0.3) is 0 Å². The molecule has 6 rings (SSSR count). The molecule has 0 atom stereocenters. The fourth-order valence-corrected chi connectivity index (χ4v) is 4.84. The first-order valence-corrected chi connectivity index (χ1v) is 10.9. The van der Waals surface area contributed by atoms with Gasteiger partial charge >= 0.3 is 6.16 Å². The van der Waals surface area contributed by atoms with Gasteiger partial charge in [0.05, 0.1) is 12.2 Å². The van der Waals surface area contributed by atoms with Gasteiger partial charge in [-0.3, -0.25) is 0 Å². The number of para-hydroxylation sites is 1. The highest BCUT2D eigenvalue weighted by Crippen LogP contribution is 2.56. The topological polar surface area (TPSA) is 76.0 Å². The molecule has 5 nitrogen and oxygen atoms in total. The maximum atomic E-state index is 8.56. The molecule has 0 radical (unpaired) electrons.